The van der Waals surface area contributed by atoms with E-state index in [1.807, 2.05) is 49.4 Å². The van der Waals surface area contributed by atoms with Gasteiger partial charge in [-0.15, -0.1) is 6.58 Å². The molecule has 0 fully saturated rings. The highest BCUT2D eigenvalue weighted by molar-refractivity contribution is 7.55. The SMILES string of the molecule is C=C(C)C(=O)O.C=C(CC(=O)CCCC)C(=O)O.C=C(CC(C)=O)C(=O)O.C=C(CC)C(=O)O.C=C(CC)C(=O)O.C=C(CC)C(=O)O.C=CCC.C=CP(=O)(O)O.C=Cc1ccccc1.CC[N+](CC)(CC)CC.CC[NH+](CC)CC.O=C=O.O=C=O.O=C=O.O=C=O.O=C=O. The highest BCUT2D eigenvalue weighted by Gasteiger charge is 2.16. The average molecular weight is 1410 g/mol. The Kier molecular flexibility index (Phi) is 127. The molecule has 1 rings (SSSR count). The number of nitrogens with one attached hydrogen (secondary N) is 1. The van der Waals surface area contributed by atoms with Crippen molar-refractivity contribution in [3.8, 4) is 0 Å². The first kappa shape index (κ1) is 124. The summed E-state index contributed by atoms with van der Waals surface area (Å²) in [4.78, 5) is 179. The molecule has 30 heteroatoms. The summed E-state index contributed by atoms with van der Waals surface area (Å²) < 4.78 is 10.9. The second kappa shape index (κ2) is 99.6. The molecule has 0 saturated heterocycles. The minimum atomic E-state index is -3.88. The van der Waals surface area contributed by atoms with Gasteiger partial charge in [0.25, 0.3) is 0 Å². The molecule has 9 N–H and O–H groups in total. The summed E-state index contributed by atoms with van der Waals surface area (Å²) in [6.45, 7) is 66.2. The van der Waals surface area contributed by atoms with Gasteiger partial charge in [-0.3, -0.25) is 14.2 Å². The molecule has 0 unspecified atom stereocenters. The number of carboxylic acids is 6. The van der Waals surface area contributed by atoms with Crippen LogP contribution in [0.2, 0.25) is 0 Å². The summed E-state index contributed by atoms with van der Waals surface area (Å²) in [5, 5.41) is 48.7. The van der Waals surface area contributed by atoms with Crippen molar-refractivity contribution in [1.29, 1.82) is 0 Å². The molecule has 29 nitrogen and oxygen atoms in total. The number of carbonyl (C=O) groups excluding carboxylic acids is 12. The Morgan fingerprint density at radius 3 is 0.794 bits per heavy atom. The zero-order chi connectivity index (χ0) is 80.7. The third-order valence-corrected chi connectivity index (χ3v) is 11.1. The predicted molar refractivity (Wildman–Crippen MR) is 361 cm³/mol. The monoisotopic (exact) mass is 1400 g/mol. The van der Waals surface area contributed by atoms with E-state index in [1.54, 1.807) is 25.7 Å². The molecule has 97 heavy (non-hydrogen) atoms. The number of allylic oxidation sites excluding steroid dienone is 1. The molecule has 0 amide bonds. The average Bonchev–Trinajstić information content (AvgIpc) is 1.70. The van der Waals surface area contributed by atoms with E-state index < -0.39 is 43.4 Å². The largest absolute Gasteiger partial charge is 0.478 e. The molecule has 0 bridgehead atoms. The topological polar surface area (TPSA) is 491 Å². The predicted octanol–water partition coefficient (Wildman–Crippen LogP) is 9.26. The van der Waals surface area contributed by atoms with Gasteiger partial charge in [0, 0.05) is 58.5 Å². The van der Waals surface area contributed by atoms with Gasteiger partial charge in [-0.2, -0.15) is 47.9 Å². The molecule has 0 aliphatic heterocycles. The van der Waals surface area contributed by atoms with Crippen LogP contribution in [-0.4, -0.2) is 169 Å². The summed E-state index contributed by atoms with van der Waals surface area (Å²) in [6, 6.07) is 10.0. The number of carbonyl (C=O) groups is 8. The number of ketones is 2. The lowest BCUT2D eigenvalue weighted by atomic mass is 10.1. The lowest BCUT2D eigenvalue weighted by molar-refractivity contribution is -0.921. The lowest BCUT2D eigenvalue weighted by Crippen LogP contribution is -3.11. The van der Waals surface area contributed by atoms with E-state index in [1.165, 1.54) is 69.7 Å². The molecule has 0 spiro atoms. The summed E-state index contributed by atoms with van der Waals surface area (Å²) in [7, 11) is -3.88. The molecular weight excluding hydrogens is 1300 g/mol. The van der Waals surface area contributed by atoms with E-state index in [0.717, 1.165) is 19.3 Å². The molecule has 0 aliphatic carbocycles. The quantitative estimate of drug-likeness (QED) is 0.0180. The Morgan fingerprint density at radius 1 is 0.464 bits per heavy atom. The van der Waals surface area contributed by atoms with Crippen LogP contribution in [0.25, 0.3) is 6.08 Å². The molecule has 1 aromatic rings. The van der Waals surface area contributed by atoms with Crippen LogP contribution < -0.4 is 4.90 Å². The number of unbranched alkanes of at least 4 members (excludes halogenated alkanes) is 1. The number of Topliss-reactive ketones (excluding diaryl/α,β-unsaturated/α-hetero) is 2. The standard InChI is InChI=1S/C9H14O3.C8H20N.C8H8.C6H15N.C6H8O3.3C5H8O2.C4H6O2.C4H8.C2H5O3P.5CO2/c1-3-4-5-8(10)6-7(2)9(11)12;1-5-9(6-2,7-3)8-4;1-2-8-6-4-3-5-7-8;1-4-7(5-2)6-3;1-4(6(8)9)3-5(2)7;3*1-3-4(2)5(6)7;1-3(2)4(5)6;1-3-4-2;1-2-6(3,4)5;5*2-1-3/h2-6H2,1H3,(H,11,12);5-8H2,1-4H3;2-7H,1H2;4-6H2,1-3H3;1,3H2,2H3,(H,8,9);3*2-3H2,1H3,(H,6,7);1H2,2H3,(H,5,6);3H,1,4H2,2H3;2H,1H2,(H2,3,4,5);;;;;/q;+1;;;;;;;;;;;;;;/p+1. The van der Waals surface area contributed by atoms with Gasteiger partial charge in [-0.1, -0.05) is 136 Å². The van der Waals surface area contributed by atoms with Crippen LogP contribution in [0.15, 0.2) is 135 Å². The number of quaternary nitrogens is 2. The Labute approximate surface area is 571 Å². The van der Waals surface area contributed by atoms with Crippen LogP contribution in [0.3, 0.4) is 0 Å². The maximum Gasteiger partial charge on any atom is 0.373 e. The van der Waals surface area contributed by atoms with Crippen molar-refractivity contribution < 1.29 is 141 Å². The zero-order valence-electron chi connectivity index (χ0n) is 59.0. The van der Waals surface area contributed by atoms with E-state index in [4.69, 9.17) is 88.4 Å². The number of benzene rings is 1. The highest BCUT2D eigenvalue weighted by Crippen LogP contribution is 2.34. The Balaban J connectivity index is -0.0000000578. The number of hydrogen-bond acceptors (Lipinski definition) is 19. The highest BCUT2D eigenvalue weighted by atomic mass is 31.2. The molecule has 0 radical (unpaired) electrons. The van der Waals surface area contributed by atoms with E-state index in [9.17, 15) is 42.9 Å². The van der Waals surface area contributed by atoms with Crippen LogP contribution in [0.1, 0.15) is 160 Å². The van der Waals surface area contributed by atoms with Crippen molar-refractivity contribution in [3.63, 3.8) is 0 Å². The molecule has 552 valence electrons. The van der Waals surface area contributed by atoms with E-state index in [2.05, 4.69) is 115 Å². The van der Waals surface area contributed by atoms with E-state index in [0.29, 0.717) is 31.5 Å². The Hall–Kier alpha value is -9.99. The van der Waals surface area contributed by atoms with Crippen molar-refractivity contribution in [3.05, 3.63) is 140 Å². The molecule has 1 aromatic carbocycles. The van der Waals surface area contributed by atoms with Gasteiger partial charge in [0.05, 0.1) is 45.8 Å². The molecule has 0 aliphatic rings. The number of carboxylic acid groups (broad SMARTS) is 6. The first-order valence-corrected chi connectivity index (χ1v) is 30.6. The van der Waals surface area contributed by atoms with Crippen LogP contribution in [0, 0.1) is 0 Å². The van der Waals surface area contributed by atoms with Crippen molar-refractivity contribution >= 4 is 91.8 Å². The number of aliphatic carboxylic acids is 6. The van der Waals surface area contributed by atoms with Gasteiger partial charge >= 0.3 is 74.2 Å². The molecular formula is C67H109N2O27P+2. The normalized spacial score (nSPS) is 8.09. The molecule has 0 aromatic heterocycles. The first-order chi connectivity index (χ1) is 44.9. The van der Waals surface area contributed by atoms with E-state index in [-0.39, 0.29) is 88.6 Å². The van der Waals surface area contributed by atoms with Gasteiger partial charge in [-0.05, 0) is 100.0 Å². The Morgan fingerprint density at radius 2 is 0.701 bits per heavy atom. The maximum atomic E-state index is 11.0. The lowest BCUT2D eigenvalue weighted by Gasteiger charge is -2.34. The zero-order valence-corrected chi connectivity index (χ0v) is 59.9. The fourth-order valence-corrected chi connectivity index (χ4v) is 4.29. The van der Waals surface area contributed by atoms with Gasteiger partial charge in [0.1, 0.15) is 11.6 Å². The molecule has 0 atom stereocenters. The van der Waals surface area contributed by atoms with Gasteiger partial charge in [0.2, 0.25) is 0 Å². The first-order valence-electron chi connectivity index (χ1n) is 28.9. The van der Waals surface area contributed by atoms with Crippen molar-refractivity contribution in [2.75, 3.05) is 45.8 Å². The summed E-state index contributed by atoms with van der Waals surface area (Å²) in [5.74, 6) is -5.44. The van der Waals surface area contributed by atoms with Gasteiger partial charge < -0.3 is 49.8 Å². The second-order valence-corrected chi connectivity index (χ2v) is 18.8. The maximum absolute atomic E-state index is 11.0. The number of nitrogens with zero attached hydrogens (tertiary/aromatic N) is 1. The smallest absolute Gasteiger partial charge is 0.373 e. The summed E-state index contributed by atoms with van der Waals surface area (Å²) in [6.07, 6.45) is 9.77. The van der Waals surface area contributed by atoms with Crippen LogP contribution in [0.4, 0.5) is 0 Å². The van der Waals surface area contributed by atoms with Crippen molar-refractivity contribution in [1.82, 2.24) is 0 Å². The van der Waals surface area contributed by atoms with Crippen LogP contribution in [-0.2, 0) is 90.9 Å². The van der Waals surface area contributed by atoms with Crippen LogP contribution >= 0.6 is 7.60 Å². The number of hydrogen-bond donors (Lipinski definition) is 9. The Bertz CT molecular complexity index is 2410. The fraction of sp³-hybridized carbons (Fsp3) is 0.448. The minimum absolute atomic E-state index is 0.0175. The van der Waals surface area contributed by atoms with E-state index >= 15 is 0 Å². The summed E-state index contributed by atoms with van der Waals surface area (Å²) in [5.41, 5.74) is 2.07. The summed E-state index contributed by atoms with van der Waals surface area (Å²) >= 11 is 0. The van der Waals surface area contributed by atoms with Crippen molar-refractivity contribution in [2.24, 2.45) is 0 Å². The number of rotatable bonds is 26. The minimum Gasteiger partial charge on any atom is -0.478 e. The van der Waals surface area contributed by atoms with Crippen molar-refractivity contribution in [2.45, 2.75) is 155 Å². The molecule has 0 heterocycles. The van der Waals surface area contributed by atoms with Crippen LogP contribution in [0.5, 0.6) is 0 Å². The van der Waals surface area contributed by atoms with Gasteiger partial charge in [0.15, 0.2) is 0 Å². The second-order valence-electron chi connectivity index (χ2n) is 17.3. The third kappa shape index (κ3) is 148. The fourth-order valence-electron chi connectivity index (χ4n) is 4.29. The molecule has 0 saturated carbocycles. The third-order valence-electron chi connectivity index (χ3n) is 10.6. The van der Waals surface area contributed by atoms with Gasteiger partial charge in [-0.25, -0.2) is 28.8 Å².